The molecule has 5 atom stereocenters. The normalized spacial score (nSPS) is 25.3. The maximum atomic E-state index is 13.2. The number of phenolic OH excluding ortho intramolecular Hbond substituents is 5. The Hall–Kier alpha value is -3.71. The van der Waals surface area contributed by atoms with Crippen molar-refractivity contribution in [2.45, 2.75) is 37.6 Å². The first kappa shape index (κ1) is 22.5. The molecule has 0 saturated carbocycles. The predicted molar refractivity (Wildman–Crippen MR) is 109 cm³/mol. The molecule has 0 amide bonds. The molecule has 4 rings (SSSR count). The molecule has 33 heavy (non-hydrogen) atoms. The van der Waals surface area contributed by atoms with Gasteiger partial charge in [0.2, 0.25) is 17.5 Å². The Morgan fingerprint density at radius 1 is 0.848 bits per heavy atom. The van der Waals surface area contributed by atoms with Crippen molar-refractivity contribution in [2.24, 2.45) is 0 Å². The van der Waals surface area contributed by atoms with Crippen molar-refractivity contribution in [2.75, 3.05) is 0 Å². The molecule has 1 saturated heterocycles. The predicted octanol–water partition coefficient (Wildman–Crippen LogP) is 0.194. The maximum Gasteiger partial charge on any atom is 0.239 e. The van der Waals surface area contributed by atoms with Gasteiger partial charge in [-0.1, -0.05) is 0 Å². The van der Waals surface area contributed by atoms with E-state index in [1.54, 1.807) is 0 Å². The lowest BCUT2D eigenvalue weighted by Crippen LogP contribution is -2.58. The Morgan fingerprint density at radius 2 is 1.48 bits per heavy atom. The number of phenols is 5. The summed E-state index contributed by atoms with van der Waals surface area (Å²) in [5, 5.41) is 79.1. The first-order valence-electron chi connectivity index (χ1n) is 9.64. The molecule has 0 spiro atoms. The number of aromatic hydroxyl groups is 5. The van der Waals surface area contributed by atoms with Gasteiger partial charge in [0.15, 0.2) is 23.0 Å². The van der Waals surface area contributed by atoms with Crippen molar-refractivity contribution >= 4 is 11.0 Å². The van der Waals surface area contributed by atoms with E-state index in [4.69, 9.17) is 13.9 Å². The minimum atomic E-state index is -1.80. The minimum Gasteiger partial charge on any atom is -0.508 e. The number of hydrogen-bond acceptors (Lipinski definition) is 12. The third-order valence-corrected chi connectivity index (χ3v) is 5.29. The lowest BCUT2D eigenvalue weighted by Gasteiger charge is -2.38. The van der Waals surface area contributed by atoms with Gasteiger partial charge >= 0.3 is 0 Å². The molecule has 1 aliphatic heterocycles. The first-order chi connectivity index (χ1) is 15.5. The molecule has 2 heterocycles. The third-order valence-electron chi connectivity index (χ3n) is 5.29. The van der Waals surface area contributed by atoms with Gasteiger partial charge in [-0.05, 0) is 19.1 Å². The fourth-order valence-corrected chi connectivity index (χ4v) is 3.53. The zero-order valence-corrected chi connectivity index (χ0v) is 16.9. The van der Waals surface area contributed by atoms with E-state index >= 15 is 0 Å². The molecule has 8 N–H and O–H groups in total. The molecule has 176 valence electrons. The summed E-state index contributed by atoms with van der Waals surface area (Å²) in [5.74, 6) is -4.55. The van der Waals surface area contributed by atoms with Crippen LogP contribution >= 0.6 is 0 Å². The standard InChI is InChI=1S/C21H20O12/c1-6-14(26)17(29)18(30)21(31-6)33-20-16(28)13-9(23)4-8(22)5-12(13)32-19(20)7-2-10(24)15(27)11(25)3-7/h2-6,14,17-18,21-27,29-30H,1H3/t6-,14?,17+,18+,21?/m0/s1. The molecule has 2 unspecified atom stereocenters. The van der Waals surface area contributed by atoms with E-state index < -0.39 is 81.8 Å². The first-order valence-corrected chi connectivity index (χ1v) is 9.64. The summed E-state index contributed by atoms with van der Waals surface area (Å²) in [6.45, 7) is 1.39. The Bertz CT molecular complexity index is 1260. The summed E-state index contributed by atoms with van der Waals surface area (Å²) in [7, 11) is 0. The fourth-order valence-electron chi connectivity index (χ4n) is 3.53. The average Bonchev–Trinajstić information content (AvgIpc) is 2.74. The van der Waals surface area contributed by atoms with E-state index in [2.05, 4.69) is 0 Å². The second kappa shape index (κ2) is 8.01. The van der Waals surface area contributed by atoms with Crippen LogP contribution in [-0.2, 0) is 4.74 Å². The molecule has 2 aromatic carbocycles. The van der Waals surface area contributed by atoms with E-state index in [1.165, 1.54) is 6.92 Å². The number of fused-ring (bicyclic) bond motifs is 1. The topological polar surface area (TPSA) is 211 Å². The number of aliphatic hydroxyl groups excluding tert-OH is 3. The molecule has 12 nitrogen and oxygen atoms in total. The number of rotatable bonds is 3. The van der Waals surface area contributed by atoms with Crippen molar-refractivity contribution in [1.82, 2.24) is 0 Å². The lowest BCUT2D eigenvalue weighted by molar-refractivity contribution is -0.268. The van der Waals surface area contributed by atoms with Crippen LogP contribution in [-0.4, -0.2) is 71.6 Å². The SMILES string of the molecule is C[C@@H]1OC(Oc2c(-c3cc(O)c(O)c(O)c3)oc3cc(O)cc(O)c3c2=O)[C@H](O)[C@H](O)C1O. The van der Waals surface area contributed by atoms with Crippen LogP contribution in [0.3, 0.4) is 0 Å². The monoisotopic (exact) mass is 464 g/mol. The van der Waals surface area contributed by atoms with Crippen molar-refractivity contribution in [1.29, 1.82) is 0 Å². The van der Waals surface area contributed by atoms with E-state index in [9.17, 15) is 45.6 Å². The highest BCUT2D eigenvalue weighted by Crippen LogP contribution is 2.43. The fraction of sp³-hybridized carbons (Fsp3) is 0.286. The highest BCUT2D eigenvalue weighted by atomic mass is 16.7. The zero-order chi connectivity index (χ0) is 24.2. The van der Waals surface area contributed by atoms with Gasteiger partial charge in [-0.3, -0.25) is 4.79 Å². The molecule has 1 fully saturated rings. The number of ether oxygens (including phenoxy) is 2. The smallest absolute Gasteiger partial charge is 0.239 e. The van der Waals surface area contributed by atoms with E-state index in [-0.39, 0.29) is 11.1 Å². The third kappa shape index (κ3) is 3.74. The summed E-state index contributed by atoms with van der Waals surface area (Å²) in [6.07, 6.45) is -7.59. The van der Waals surface area contributed by atoms with Gasteiger partial charge in [-0.2, -0.15) is 0 Å². The summed E-state index contributed by atoms with van der Waals surface area (Å²) < 4.78 is 16.5. The van der Waals surface area contributed by atoms with E-state index in [0.717, 1.165) is 24.3 Å². The van der Waals surface area contributed by atoms with Crippen LogP contribution in [0.1, 0.15) is 6.92 Å². The van der Waals surface area contributed by atoms with Crippen LogP contribution in [0.2, 0.25) is 0 Å². The van der Waals surface area contributed by atoms with Crippen LogP contribution in [0.5, 0.6) is 34.5 Å². The van der Waals surface area contributed by atoms with Crippen LogP contribution in [0.15, 0.2) is 33.5 Å². The molecule has 0 bridgehead atoms. The van der Waals surface area contributed by atoms with Crippen molar-refractivity contribution < 1.29 is 54.7 Å². The largest absolute Gasteiger partial charge is 0.508 e. The quantitative estimate of drug-likeness (QED) is 0.244. The Morgan fingerprint density at radius 3 is 2.12 bits per heavy atom. The molecule has 1 aliphatic rings. The molecule has 0 aliphatic carbocycles. The second-order valence-electron chi connectivity index (χ2n) is 7.59. The van der Waals surface area contributed by atoms with Crippen LogP contribution in [0.25, 0.3) is 22.3 Å². The van der Waals surface area contributed by atoms with Gasteiger partial charge in [0.05, 0.1) is 6.10 Å². The lowest BCUT2D eigenvalue weighted by atomic mass is 10.00. The zero-order valence-electron chi connectivity index (χ0n) is 16.9. The van der Waals surface area contributed by atoms with Gasteiger partial charge in [0.25, 0.3) is 0 Å². The van der Waals surface area contributed by atoms with Crippen LogP contribution < -0.4 is 10.2 Å². The Balaban J connectivity index is 1.95. The van der Waals surface area contributed by atoms with Gasteiger partial charge in [-0.15, -0.1) is 0 Å². The molecule has 3 aromatic rings. The average molecular weight is 464 g/mol. The van der Waals surface area contributed by atoms with Gasteiger partial charge < -0.3 is 54.7 Å². The van der Waals surface area contributed by atoms with Gasteiger partial charge in [-0.25, -0.2) is 0 Å². The number of benzene rings is 2. The summed E-state index contributed by atoms with van der Waals surface area (Å²) in [5.41, 5.74) is -1.45. The van der Waals surface area contributed by atoms with E-state index in [1.807, 2.05) is 0 Å². The Labute approximate surface area is 184 Å². The van der Waals surface area contributed by atoms with E-state index in [0.29, 0.717) is 0 Å². The van der Waals surface area contributed by atoms with Crippen LogP contribution in [0, 0.1) is 0 Å². The molecule has 0 radical (unpaired) electrons. The van der Waals surface area contributed by atoms with Gasteiger partial charge in [0, 0.05) is 17.7 Å². The molecule has 1 aromatic heterocycles. The van der Waals surface area contributed by atoms with Gasteiger partial charge in [0.1, 0.15) is 40.8 Å². The maximum absolute atomic E-state index is 13.2. The summed E-state index contributed by atoms with van der Waals surface area (Å²) in [6, 6.07) is 3.79. The molecular formula is C21H20O12. The van der Waals surface area contributed by atoms with Crippen molar-refractivity contribution in [3.8, 4) is 45.8 Å². The summed E-state index contributed by atoms with van der Waals surface area (Å²) in [4.78, 5) is 13.2. The minimum absolute atomic E-state index is 0.168. The highest BCUT2D eigenvalue weighted by molar-refractivity contribution is 5.88. The number of aliphatic hydroxyl groups is 3. The van der Waals surface area contributed by atoms with Crippen LogP contribution in [0.4, 0.5) is 0 Å². The number of hydrogen-bond donors (Lipinski definition) is 8. The highest BCUT2D eigenvalue weighted by Gasteiger charge is 2.44. The Kier molecular flexibility index (Phi) is 5.46. The molecule has 12 heteroatoms. The molecular weight excluding hydrogens is 444 g/mol. The van der Waals surface area contributed by atoms with Crippen molar-refractivity contribution in [3.63, 3.8) is 0 Å². The summed E-state index contributed by atoms with van der Waals surface area (Å²) >= 11 is 0. The second-order valence-corrected chi connectivity index (χ2v) is 7.59. The van der Waals surface area contributed by atoms with Crippen molar-refractivity contribution in [3.05, 3.63) is 34.5 Å².